The minimum atomic E-state index is -0.313. The Labute approximate surface area is 149 Å². The largest absolute Gasteiger partial charge is 0.504 e. The molecule has 1 aromatic carbocycles. The number of amides is 1. The summed E-state index contributed by atoms with van der Waals surface area (Å²) < 4.78 is 10.1. The standard InChI is InChI=1S/C16H17NO5S2/c1-21-12-8-10(5-6-11(12)18)9-13-15(20)17(16(23)24-13)7-3-4-14(19)22-2/h5-6,8-9,18H,3-4,7H2,1-2H3/b13-9-. The molecule has 0 spiro atoms. The number of phenols is 1. The van der Waals surface area contributed by atoms with Crippen LogP contribution in [0.3, 0.4) is 0 Å². The Morgan fingerprint density at radius 1 is 1.42 bits per heavy atom. The first-order valence-corrected chi connectivity index (χ1v) is 8.38. The number of phenolic OH excluding ortho intramolecular Hbond substituents is 1. The van der Waals surface area contributed by atoms with Gasteiger partial charge in [0, 0.05) is 13.0 Å². The molecular weight excluding hydrogens is 350 g/mol. The van der Waals surface area contributed by atoms with Crippen molar-refractivity contribution in [2.24, 2.45) is 0 Å². The van der Waals surface area contributed by atoms with Crippen molar-refractivity contribution in [3.05, 3.63) is 28.7 Å². The highest BCUT2D eigenvalue weighted by molar-refractivity contribution is 8.26. The van der Waals surface area contributed by atoms with Crippen LogP contribution in [0.4, 0.5) is 0 Å². The summed E-state index contributed by atoms with van der Waals surface area (Å²) in [5.41, 5.74) is 0.722. The van der Waals surface area contributed by atoms with E-state index in [0.717, 1.165) is 5.56 Å². The third-order valence-corrected chi connectivity index (χ3v) is 4.74. The first-order valence-electron chi connectivity index (χ1n) is 7.15. The van der Waals surface area contributed by atoms with E-state index in [1.807, 2.05) is 0 Å². The van der Waals surface area contributed by atoms with Crippen LogP contribution in [0.25, 0.3) is 6.08 Å². The zero-order valence-electron chi connectivity index (χ0n) is 13.3. The van der Waals surface area contributed by atoms with Crippen molar-refractivity contribution in [3.8, 4) is 11.5 Å². The highest BCUT2D eigenvalue weighted by Gasteiger charge is 2.31. The van der Waals surface area contributed by atoms with E-state index in [1.165, 1.54) is 36.9 Å². The van der Waals surface area contributed by atoms with Crippen LogP contribution in [-0.2, 0) is 14.3 Å². The monoisotopic (exact) mass is 367 g/mol. The molecule has 1 aliphatic heterocycles. The number of nitrogens with zero attached hydrogens (tertiary/aromatic N) is 1. The molecule has 2 rings (SSSR count). The first kappa shape index (κ1) is 18.3. The van der Waals surface area contributed by atoms with Gasteiger partial charge in [0.15, 0.2) is 11.5 Å². The molecule has 1 heterocycles. The smallest absolute Gasteiger partial charge is 0.305 e. The van der Waals surface area contributed by atoms with E-state index in [0.29, 0.717) is 27.9 Å². The fourth-order valence-electron chi connectivity index (χ4n) is 2.11. The van der Waals surface area contributed by atoms with Gasteiger partial charge in [-0.1, -0.05) is 30.0 Å². The first-order chi connectivity index (χ1) is 11.5. The lowest BCUT2D eigenvalue weighted by Crippen LogP contribution is -2.29. The SMILES string of the molecule is COC(=O)CCCN1C(=O)/C(=C/c2ccc(O)c(OC)c2)SC1=S. The second-order valence-corrected chi connectivity index (χ2v) is 6.62. The highest BCUT2D eigenvalue weighted by atomic mass is 32.2. The van der Waals surface area contributed by atoms with Gasteiger partial charge in [-0.05, 0) is 30.2 Å². The number of hydrogen-bond donors (Lipinski definition) is 1. The van der Waals surface area contributed by atoms with E-state index >= 15 is 0 Å². The zero-order chi connectivity index (χ0) is 17.7. The highest BCUT2D eigenvalue weighted by Crippen LogP contribution is 2.34. The number of esters is 1. The molecular formula is C16H17NO5S2. The van der Waals surface area contributed by atoms with Crippen molar-refractivity contribution in [3.63, 3.8) is 0 Å². The second-order valence-electron chi connectivity index (χ2n) is 4.94. The summed E-state index contributed by atoms with van der Waals surface area (Å²) in [6, 6.07) is 4.82. The lowest BCUT2D eigenvalue weighted by molar-refractivity contribution is -0.141. The number of carbonyl (C=O) groups is 2. The van der Waals surface area contributed by atoms with Crippen LogP contribution < -0.4 is 4.74 Å². The molecule has 1 amide bonds. The number of thioether (sulfide) groups is 1. The van der Waals surface area contributed by atoms with Crippen LogP contribution in [0.1, 0.15) is 18.4 Å². The topological polar surface area (TPSA) is 76.1 Å². The molecule has 0 unspecified atom stereocenters. The lowest BCUT2D eigenvalue weighted by Gasteiger charge is -2.13. The van der Waals surface area contributed by atoms with Gasteiger partial charge < -0.3 is 14.6 Å². The van der Waals surface area contributed by atoms with Gasteiger partial charge in [-0.25, -0.2) is 0 Å². The summed E-state index contributed by atoms with van der Waals surface area (Å²) in [7, 11) is 2.79. The van der Waals surface area contributed by atoms with Gasteiger partial charge in [-0.15, -0.1) is 0 Å². The van der Waals surface area contributed by atoms with Gasteiger partial charge in [0.1, 0.15) is 4.32 Å². The third-order valence-electron chi connectivity index (χ3n) is 3.37. The van der Waals surface area contributed by atoms with Crippen LogP contribution >= 0.6 is 24.0 Å². The number of aromatic hydroxyl groups is 1. The number of methoxy groups -OCH3 is 2. The van der Waals surface area contributed by atoms with Crippen molar-refractivity contribution in [1.29, 1.82) is 0 Å². The van der Waals surface area contributed by atoms with Gasteiger partial charge in [0.05, 0.1) is 19.1 Å². The Bertz CT molecular complexity index is 702. The van der Waals surface area contributed by atoms with Crippen molar-refractivity contribution in [1.82, 2.24) is 4.90 Å². The molecule has 0 aliphatic carbocycles. The molecule has 8 heteroatoms. The van der Waals surface area contributed by atoms with Gasteiger partial charge in [0.25, 0.3) is 5.91 Å². The molecule has 0 atom stereocenters. The average Bonchev–Trinajstić information content (AvgIpc) is 2.83. The van der Waals surface area contributed by atoms with E-state index in [2.05, 4.69) is 4.74 Å². The fourth-order valence-corrected chi connectivity index (χ4v) is 3.42. The Balaban J connectivity index is 2.08. The van der Waals surface area contributed by atoms with Gasteiger partial charge in [0.2, 0.25) is 0 Å². The Hall–Kier alpha value is -2.06. The maximum absolute atomic E-state index is 12.4. The summed E-state index contributed by atoms with van der Waals surface area (Å²) in [5, 5.41) is 9.61. The minimum Gasteiger partial charge on any atom is -0.504 e. The molecule has 1 fully saturated rings. The molecule has 1 N–H and O–H groups in total. The number of ether oxygens (including phenoxy) is 2. The van der Waals surface area contributed by atoms with E-state index in [9.17, 15) is 14.7 Å². The predicted molar refractivity (Wildman–Crippen MR) is 95.8 cm³/mol. The minimum absolute atomic E-state index is 0.0324. The number of rotatable bonds is 6. The molecule has 0 aromatic heterocycles. The van der Waals surface area contributed by atoms with Crippen molar-refractivity contribution < 1.29 is 24.2 Å². The van der Waals surface area contributed by atoms with Crippen LogP contribution in [0.15, 0.2) is 23.1 Å². The summed E-state index contributed by atoms with van der Waals surface area (Å²) in [6.45, 7) is 0.371. The van der Waals surface area contributed by atoms with Gasteiger partial charge in [-0.3, -0.25) is 14.5 Å². The molecule has 24 heavy (non-hydrogen) atoms. The Morgan fingerprint density at radius 2 is 2.17 bits per heavy atom. The fraction of sp³-hybridized carbons (Fsp3) is 0.312. The van der Waals surface area contributed by atoms with E-state index in [-0.39, 0.29) is 24.0 Å². The number of benzene rings is 1. The summed E-state index contributed by atoms with van der Waals surface area (Å²) >= 11 is 6.44. The molecule has 6 nitrogen and oxygen atoms in total. The van der Waals surface area contributed by atoms with E-state index in [4.69, 9.17) is 17.0 Å². The van der Waals surface area contributed by atoms with Crippen LogP contribution in [0.5, 0.6) is 11.5 Å². The molecule has 0 bridgehead atoms. The van der Waals surface area contributed by atoms with Crippen molar-refractivity contribution in [2.45, 2.75) is 12.8 Å². The van der Waals surface area contributed by atoms with Crippen LogP contribution in [0, 0.1) is 0 Å². The molecule has 128 valence electrons. The zero-order valence-corrected chi connectivity index (χ0v) is 14.9. The number of thiocarbonyl (C=S) groups is 1. The van der Waals surface area contributed by atoms with Crippen molar-refractivity contribution >= 4 is 46.3 Å². The second kappa shape index (κ2) is 8.16. The number of carbonyl (C=O) groups excluding carboxylic acids is 2. The summed E-state index contributed by atoms with van der Waals surface area (Å²) in [6.07, 6.45) is 2.42. The Morgan fingerprint density at radius 3 is 2.83 bits per heavy atom. The molecule has 1 aliphatic rings. The van der Waals surface area contributed by atoms with Gasteiger partial charge >= 0.3 is 5.97 Å². The van der Waals surface area contributed by atoms with Crippen molar-refractivity contribution in [2.75, 3.05) is 20.8 Å². The van der Waals surface area contributed by atoms with Crippen LogP contribution in [-0.4, -0.2) is 47.0 Å². The van der Waals surface area contributed by atoms with E-state index in [1.54, 1.807) is 18.2 Å². The lowest BCUT2D eigenvalue weighted by atomic mass is 10.2. The maximum atomic E-state index is 12.4. The summed E-state index contributed by atoms with van der Waals surface area (Å²) in [5.74, 6) is -0.142. The third kappa shape index (κ3) is 4.27. The maximum Gasteiger partial charge on any atom is 0.305 e. The molecule has 1 aromatic rings. The van der Waals surface area contributed by atoms with E-state index < -0.39 is 0 Å². The van der Waals surface area contributed by atoms with Gasteiger partial charge in [-0.2, -0.15) is 0 Å². The quantitative estimate of drug-likeness (QED) is 0.470. The molecule has 0 saturated carbocycles. The number of hydrogen-bond acceptors (Lipinski definition) is 7. The normalized spacial score (nSPS) is 15.9. The summed E-state index contributed by atoms with van der Waals surface area (Å²) in [4.78, 5) is 25.5. The molecule has 0 radical (unpaired) electrons. The van der Waals surface area contributed by atoms with Crippen LogP contribution in [0.2, 0.25) is 0 Å². The average molecular weight is 367 g/mol. The Kier molecular flexibility index (Phi) is 6.22. The molecule has 1 saturated heterocycles. The predicted octanol–water partition coefficient (Wildman–Crippen LogP) is 2.56.